The van der Waals surface area contributed by atoms with Gasteiger partial charge < -0.3 is 29.5 Å². The predicted octanol–water partition coefficient (Wildman–Crippen LogP) is 9.46. The average Bonchev–Trinajstić information content (AvgIpc) is 4.08. The van der Waals surface area contributed by atoms with Gasteiger partial charge in [0.25, 0.3) is 5.91 Å². The van der Waals surface area contributed by atoms with Crippen molar-refractivity contribution in [3.05, 3.63) is 129 Å². The minimum atomic E-state index is -5.08. The van der Waals surface area contributed by atoms with Crippen LogP contribution in [0.25, 0.3) is 27.9 Å². The van der Waals surface area contributed by atoms with E-state index >= 15 is 4.39 Å². The van der Waals surface area contributed by atoms with Crippen molar-refractivity contribution in [3.63, 3.8) is 0 Å². The van der Waals surface area contributed by atoms with Crippen LogP contribution in [0, 0.1) is 18.2 Å². The standard InChI is InChI=1S/C46H38ClF7N10O4.C2HF3O2/c1-25-37-39(59-42(57-25)58-28-6-9-31(10-7-28)68-46(52,53)54)64(29-12-18-60(19-13-29)41(66)44(15-16-44)45(49,50)51)43(67)63(37)30-8-11-35(56-22-30)40(65)61-20-14-32-33-3-2-17-55-38(33)62(36(32)24-61)23-26-4-5-27(47)21-34(26)48;3-2(4,5)1(6)7/h2-11,17,21-22,29H,12-16,18-20,23-24H2,1H3,(H,57,58,59);(H,6,7). The van der Waals surface area contributed by atoms with E-state index in [1.54, 1.807) is 36.2 Å². The van der Waals surface area contributed by atoms with Gasteiger partial charge in [0.05, 0.1) is 30.7 Å². The molecule has 2 aromatic carbocycles. The summed E-state index contributed by atoms with van der Waals surface area (Å²) in [6.07, 6.45) is -11.5. The summed E-state index contributed by atoms with van der Waals surface area (Å²) in [5.41, 5.74) is 1.16. The Balaban J connectivity index is 0.000000920. The zero-order valence-corrected chi connectivity index (χ0v) is 39.6. The molecule has 27 heteroatoms. The number of amides is 2. The summed E-state index contributed by atoms with van der Waals surface area (Å²) in [6.45, 7) is 2.20. The number of hydrogen-bond donors (Lipinski definition) is 2. The molecule has 2 aliphatic heterocycles. The van der Waals surface area contributed by atoms with Crippen LogP contribution < -0.4 is 15.7 Å². The van der Waals surface area contributed by atoms with Gasteiger partial charge in [-0.25, -0.2) is 28.9 Å². The van der Waals surface area contributed by atoms with Crippen LogP contribution in [-0.2, 0) is 29.1 Å². The average molecular weight is 1080 g/mol. The number of aromatic nitrogens is 7. The molecular formula is C48H39ClF10N10O6. The van der Waals surface area contributed by atoms with Crippen molar-refractivity contribution in [1.82, 2.24) is 43.4 Å². The lowest BCUT2D eigenvalue weighted by atomic mass is 9.99. The minimum Gasteiger partial charge on any atom is -0.475 e. The van der Waals surface area contributed by atoms with Crippen LogP contribution in [-0.4, -0.2) is 105 Å². The second kappa shape index (κ2) is 19.5. The van der Waals surface area contributed by atoms with E-state index in [0.717, 1.165) is 28.8 Å². The summed E-state index contributed by atoms with van der Waals surface area (Å²) >= 11 is 6.02. The maximum atomic E-state index is 15.0. The number of aliphatic carboxylic acids is 1. The first-order valence-electron chi connectivity index (χ1n) is 22.8. The summed E-state index contributed by atoms with van der Waals surface area (Å²) in [4.78, 5) is 72.1. The van der Waals surface area contributed by atoms with Crippen molar-refractivity contribution in [3.8, 4) is 11.4 Å². The molecule has 7 heterocycles. The fourth-order valence-electron chi connectivity index (χ4n) is 9.37. The number of fused-ring (bicyclic) bond motifs is 4. The van der Waals surface area contributed by atoms with Crippen LogP contribution in [0.4, 0.5) is 55.5 Å². The Bertz CT molecular complexity index is 3420. The van der Waals surface area contributed by atoms with Crippen LogP contribution in [0.3, 0.4) is 0 Å². The van der Waals surface area contributed by atoms with Crippen molar-refractivity contribution in [1.29, 1.82) is 0 Å². The number of benzene rings is 2. The van der Waals surface area contributed by atoms with Gasteiger partial charge in [-0.05, 0) is 105 Å². The Morgan fingerprint density at radius 1 is 0.880 bits per heavy atom. The van der Waals surface area contributed by atoms with Crippen LogP contribution >= 0.6 is 11.6 Å². The molecule has 7 aromatic rings. The van der Waals surface area contributed by atoms with Crippen molar-refractivity contribution in [2.24, 2.45) is 5.41 Å². The summed E-state index contributed by atoms with van der Waals surface area (Å²) in [6, 6.07) is 15.5. The number of anilines is 2. The van der Waals surface area contributed by atoms with Gasteiger partial charge in [0.2, 0.25) is 11.9 Å². The number of nitrogens with one attached hydrogen (secondary N) is 1. The van der Waals surface area contributed by atoms with Gasteiger partial charge in [-0.3, -0.25) is 18.7 Å². The van der Waals surface area contributed by atoms with E-state index in [1.807, 2.05) is 16.7 Å². The summed E-state index contributed by atoms with van der Waals surface area (Å²) in [5.74, 6) is -5.08. The monoisotopic (exact) mass is 1080 g/mol. The number of halogens is 11. The SMILES string of the molecule is Cc1nc(Nc2ccc(OC(F)(F)F)cc2)nc2c1n(-c1ccc(C(=O)N3CCc4c(n(Cc5ccc(Cl)cc5F)c5ncccc45)C3)nc1)c(=O)n2C1CCN(C(=O)C2(C(F)(F)F)CC2)CC1.O=C(O)C(F)(F)F. The first-order valence-corrected chi connectivity index (χ1v) is 23.2. The van der Waals surface area contributed by atoms with E-state index in [2.05, 4.69) is 30.0 Å². The first kappa shape index (κ1) is 52.1. The van der Waals surface area contributed by atoms with E-state index in [9.17, 15) is 53.9 Å². The molecule has 1 saturated carbocycles. The fraction of sp³-hybridized carbons (Fsp3) is 0.333. The molecule has 16 nitrogen and oxygen atoms in total. The third kappa shape index (κ3) is 10.4. The largest absolute Gasteiger partial charge is 0.573 e. The number of likely N-dealkylation sites (tertiary alicyclic amines) is 1. The molecule has 2 fully saturated rings. The van der Waals surface area contributed by atoms with E-state index in [1.165, 1.54) is 44.5 Å². The summed E-state index contributed by atoms with van der Waals surface area (Å²) in [7, 11) is 0. The number of ether oxygens (including phenoxy) is 1. The van der Waals surface area contributed by atoms with Gasteiger partial charge in [0.15, 0.2) is 5.65 Å². The number of alkyl halides is 9. The number of carbonyl (C=O) groups is 3. The number of rotatable bonds is 9. The highest BCUT2D eigenvalue weighted by atomic mass is 35.5. The highest BCUT2D eigenvalue weighted by Crippen LogP contribution is 2.59. The molecule has 2 N–H and O–H groups in total. The second-order valence-corrected chi connectivity index (χ2v) is 18.3. The molecule has 394 valence electrons. The number of hydrogen-bond acceptors (Lipinski definition) is 10. The fourth-order valence-corrected chi connectivity index (χ4v) is 9.53. The first-order chi connectivity index (χ1) is 35.3. The van der Waals surface area contributed by atoms with Gasteiger partial charge in [0, 0.05) is 59.2 Å². The number of imidazole rings is 1. The molecule has 75 heavy (non-hydrogen) atoms. The quantitative estimate of drug-likeness (QED) is 0.131. The van der Waals surface area contributed by atoms with Crippen molar-refractivity contribution < 1.29 is 68.1 Å². The van der Waals surface area contributed by atoms with Crippen LogP contribution in [0.15, 0.2) is 83.9 Å². The third-order valence-electron chi connectivity index (χ3n) is 13.2. The van der Waals surface area contributed by atoms with Gasteiger partial charge in [-0.1, -0.05) is 17.7 Å². The summed E-state index contributed by atoms with van der Waals surface area (Å²) < 4.78 is 135. The Labute approximate surface area is 421 Å². The topological polar surface area (TPSA) is 183 Å². The van der Waals surface area contributed by atoms with E-state index in [4.69, 9.17) is 21.5 Å². The van der Waals surface area contributed by atoms with E-state index in [-0.39, 0.29) is 85.4 Å². The number of carboxylic acids is 1. The highest BCUT2D eigenvalue weighted by molar-refractivity contribution is 6.30. The Hall–Kier alpha value is -7.77. The van der Waals surface area contributed by atoms with Crippen molar-refractivity contribution in [2.75, 3.05) is 25.0 Å². The molecule has 0 atom stereocenters. The van der Waals surface area contributed by atoms with Gasteiger partial charge in [0.1, 0.15) is 33.8 Å². The maximum absolute atomic E-state index is 15.0. The molecule has 5 aromatic heterocycles. The molecule has 2 amide bonds. The molecule has 3 aliphatic rings. The molecule has 0 unspecified atom stereocenters. The number of pyridine rings is 2. The maximum Gasteiger partial charge on any atom is 0.573 e. The van der Waals surface area contributed by atoms with Crippen molar-refractivity contribution >= 4 is 63.2 Å². The van der Waals surface area contributed by atoms with Crippen LogP contribution in [0.1, 0.15) is 64.7 Å². The van der Waals surface area contributed by atoms with Gasteiger partial charge >= 0.3 is 30.4 Å². The number of carboxylic acid groups (broad SMARTS) is 1. The number of piperidine rings is 1. The number of nitrogens with zero attached hydrogens (tertiary/aromatic N) is 9. The lowest BCUT2D eigenvalue weighted by Crippen LogP contribution is -2.48. The lowest BCUT2D eigenvalue weighted by Gasteiger charge is -2.35. The molecule has 0 spiro atoms. The molecule has 1 aliphatic carbocycles. The minimum absolute atomic E-state index is 0.0178. The zero-order valence-electron chi connectivity index (χ0n) is 38.8. The smallest absolute Gasteiger partial charge is 0.475 e. The van der Waals surface area contributed by atoms with Crippen LogP contribution in [0.2, 0.25) is 5.02 Å². The number of aryl methyl sites for hydroxylation is 1. The third-order valence-corrected chi connectivity index (χ3v) is 13.4. The molecular weight excluding hydrogens is 1040 g/mol. The van der Waals surface area contributed by atoms with Crippen LogP contribution in [0.5, 0.6) is 5.75 Å². The number of carbonyl (C=O) groups excluding carboxylic acids is 2. The Kier molecular flexibility index (Phi) is 13.5. The normalized spacial score (nSPS) is 15.8. The predicted molar refractivity (Wildman–Crippen MR) is 247 cm³/mol. The van der Waals surface area contributed by atoms with Gasteiger partial charge in [-0.2, -0.15) is 31.3 Å². The van der Waals surface area contributed by atoms with E-state index in [0.29, 0.717) is 35.6 Å². The highest BCUT2D eigenvalue weighted by Gasteiger charge is 2.69. The van der Waals surface area contributed by atoms with Crippen molar-refractivity contribution in [2.45, 2.75) is 76.9 Å². The molecule has 1 saturated heterocycles. The van der Waals surface area contributed by atoms with E-state index < -0.39 is 65.2 Å². The molecule has 0 radical (unpaired) electrons. The second-order valence-electron chi connectivity index (χ2n) is 17.9. The van der Waals surface area contributed by atoms with Gasteiger partial charge in [-0.15, -0.1) is 13.2 Å². The Morgan fingerprint density at radius 2 is 1.57 bits per heavy atom. The molecule has 10 rings (SSSR count). The summed E-state index contributed by atoms with van der Waals surface area (Å²) in [5, 5.41) is 11.2. The molecule has 0 bridgehead atoms. The zero-order chi connectivity index (χ0) is 53.9. The lowest BCUT2D eigenvalue weighted by molar-refractivity contribution is -0.274. The Morgan fingerprint density at radius 3 is 2.17 bits per heavy atom.